The molecule has 1 aromatic rings. The van der Waals surface area contributed by atoms with Gasteiger partial charge in [0.05, 0.1) is 12.3 Å². The van der Waals surface area contributed by atoms with E-state index < -0.39 is 5.82 Å². The van der Waals surface area contributed by atoms with E-state index in [1.807, 2.05) is 13.8 Å². The molecule has 126 valence electrons. The Balaban J connectivity index is 1.92. The predicted octanol–water partition coefficient (Wildman–Crippen LogP) is 2.58. The Kier molecular flexibility index (Phi) is 6.10. The van der Waals surface area contributed by atoms with Crippen LogP contribution in [0.4, 0.5) is 10.1 Å². The molecular weight excluding hydrogens is 299 g/mol. The molecule has 0 saturated carbocycles. The molecule has 1 saturated heterocycles. The number of benzene rings is 1. The van der Waals surface area contributed by atoms with Gasteiger partial charge in [0.1, 0.15) is 5.82 Å². The van der Waals surface area contributed by atoms with Crippen molar-refractivity contribution in [3.63, 3.8) is 0 Å². The standard InChI is InChI=1S/C17H23FN2O3/c1-11(2)7-16(21)20-15-4-3-13(8-14(15)18)17(22)19-9-12-5-6-23-10-12/h3-4,8,11-12H,5-7,9-10H2,1-2H3,(H,19,22)(H,20,21)/t12-/m1/s1. The molecule has 0 aromatic heterocycles. The third-order valence-corrected chi connectivity index (χ3v) is 3.67. The summed E-state index contributed by atoms with van der Waals surface area (Å²) >= 11 is 0. The molecule has 0 unspecified atom stereocenters. The lowest BCUT2D eigenvalue weighted by atomic mass is 10.1. The fraction of sp³-hybridized carbons (Fsp3) is 0.529. The number of halogens is 1. The number of amides is 2. The van der Waals surface area contributed by atoms with E-state index in [4.69, 9.17) is 4.74 Å². The van der Waals surface area contributed by atoms with Gasteiger partial charge in [-0.1, -0.05) is 13.8 Å². The zero-order valence-electron chi connectivity index (χ0n) is 13.5. The van der Waals surface area contributed by atoms with Crippen LogP contribution in [-0.2, 0) is 9.53 Å². The quantitative estimate of drug-likeness (QED) is 0.846. The van der Waals surface area contributed by atoms with Gasteiger partial charge in [-0.05, 0) is 30.5 Å². The second-order valence-corrected chi connectivity index (χ2v) is 6.28. The van der Waals surface area contributed by atoms with Crippen LogP contribution in [-0.4, -0.2) is 31.6 Å². The minimum Gasteiger partial charge on any atom is -0.381 e. The van der Waals surface area contributed by atoms with Gasteiger partial charge in [-0.2, -0.15) is 0 Å². The average molecular weight is 322 g/mol. The van der Waals surface area contributed by atoms with Crippen LogP contribution in [0.25, 0.3) is 0 Å². The average Bonchev–Trinajstić information content (AvgIpc) is 2.99. The van der Waals surface area contributed by atoms with Gasteiger partial charge in [0, 0.05) is 31.1 Å². The number of carbonyl (C=O) groups excluding carboxylic acids is 2. The maximum Gasteiger partial charge on any atom is 0.251 e. The van der Waals surface area contributed by atoms with Crippen LogP contribution in [0.3, 0.4) is 0 Å². The molecule has 1 atom stereocenters. The highest BCUT2D eigenvalue weighted by Crippen LogP contribution is 2.17. The van der Waals surface area contributed by atoms with Crippen LogP contribution in [0.2, 0.25) is 0 Å². The van der Waals surface area contributed by atoms with E-state index in [1.165, 1.54) is 12.1 Å². The second kappa shape index (κ2) is 8.06. The maximum absolute atomic E-state index is 14.0. The summed E-state index contributed by atoms with van der Waals surface area (Å²) in [4.78, 5) is 23.7. The molecule has 23 heavy (non-hydrogen) atoms. The fourth-order valence-corrected chi connectivity index (χ4v) is 2.41. The number of hydrogen-bond donors (Lipinski definition) is 2. The number of anilines is 1. The molecule has 2 N–H and O–H groups in total. The summed E-state index contributed by atoms with van der Waals surface area (Å²) in [6.07, 6.45) is 1.25. The molecule has 5 nitrogen and oxygen atoms in total. The molecule has 2 amide bonds. The van der Waals surface area contributed by atoms with Crippen molar-refractivity contribution in [3.05, 3.63) is 29.6 Å². The Morgan fingerprint density at radius 3 is 2.78 bits per heavy atom. The Labute approximate surface area is 135 Å². The van der Waals surface area contributed by atoms with Gasteiger partial charge in [-0.15, -0.1) is 0 Å². The van der Waals surface area contributed by atoms with E-state index in [1.54, 1.807) is 0 Å². The molecule has 1 aliphatic heterocycles. The fourth-order valence-electron chi connectivity index (χ4n) is 2.41. The Morgan fingerprint density at radius 2 is 2.17 bits per heavy atom. The molecular formula is C17H23FN2O3. The molecule has 1 aromatic carbocycles. The summed E-state index contributed by atoms with van der Waals surface area (Å²) in [6, 6.07) is 4.07. The monoisotopic (exact) mass is 322 g/mol. The Hall–Kier alpha value is -1.95. The smallest absolute Gasteiger partial charge is 0.251 e. The van der Waals surface area contributed by atoms with Gasteiger partial charge >= 0.3 is 0 Å². The molecule has 0 spiro atoms. The maximum atomic E-state index is 14.0. The topological polar surface area (TPSA) is 67.4 Å². The van der Waals surface area contributed by atoms with Crippen molar-refractivity contribution in [2.75, 3.05) is 25.1 Å². The molecule has 1 heterocycles. The summed E-state index contributed by atoms with van der Waals surface area (Å²) in [5, 5.41) is 5.30. The summed E-state index contributed by atoms with van der Waals surface area (Å²) in [7, 11) is 0. The van der Waals surface area contributed by atoms with E-state index in [-0.39, 0.29) is 29.0 Å². The third kappa shape index (κ3) is 5.32. The van der Waals surface area contributed by atoms with Crippen molar-refractivity contribution in [1.29, 1.82) is 0 Å². The predicted molar refractivity (Wildman–Crippen MR) is 85.7 cm³/mol. The van der Waals surface area contributed by atoms with Crippen LogP contribution < -0.4 is 10.6 Å². The number of carbonyl (C=O) groups is 2. The first-order valence-corrected chi connectivity index (χ1v) is 7.91. The van der Waals surface area contributed by atoms with Gasteiger partial charge in [0.2, 0.25) is 5.91 Å². The number of ether oxygens (including phenoxy) is 1. The van der Waals surface area contributed by atoms with Crippen LogP contribution in [0.1, 0.15) is 37.0 Å². The Morgan fingerprint density at radius 1 is 1.39 bits per heavy atom. The molecule has 0 aliphatic carbocycles. The van der Waals surface area contributed by atoms with Crippen molar-refractivity contribution in [1.82, 2.24) is 5.32 Å². The van der Waals surface area contributed by atoms with Gasteiger partial charge < -0.3 is 15.4 Å². The lowest BCUT2D eigenvalue weighted by molar-refractivity contribution is -0.116. The van der Waals surface area contributed by atoms with Crippen LogP contribution in [0, 0.1) is 17.7 Å². The number of rotatable bonds is 6. The van der Waals surface area contributed by atoms with Crippen molar-refractivity contribution in [2.45, 2.75) is 26.7 Å². The first kappa shape index (κ1) is 17.4. The second-order valence-electron chi connectivity index (χ2n) is 6.28. The van der Waals surface area contributed by atoms with Gasteiger partial charge in [0.25, 0.3) is 5.91 Å². The summed E-state index contributed by atoms with van der Waals surface area (Å²) in [6.45, 7) is 5.72. The van der Waals surface area contributed by atoms with Crippen molar-refractivity contribution in [2.24, 2.45) is 11.8 Å². The van der Waals surface area contributed by atoms with Crippen molar-refractivity contribution in [3.8, 4) is 0 Å². The number of hydrogen-bond acceptors (Lipinski definition) is 3. The van der Waals surface area contributed by atoms with Gasteiger partial charge in [-0.3, -0.25) is 9.59 Å². The number of nitrogens with one attached hydrogen (secondary N) is 2. The van der Waals surface area contributed by atoms with Gasteiger partial charge in [0.15, 0.2) is 0 Å². The lowest BCUT2D eigenvalue weighted by Crippen LogP contribution is -2.29. The van der Waals surface area contributed by atoms with E-state index in [2.05, 4.69) is 10.6 Å². The third-order valence-electron chi connectivity index (χ3n) is 3.67. The lowest BCUT2D eigenvalue weighted by Gasteiger charge is -2.11. The summed E-state index contributed by atoms with van der Waals surface area (Å²) in [5.74, 6) is -0.659. The molecule has 1 fully saturated rings. The van der Waals surface area contributed by atoms with E-state index in [0.717, 1.165) is 19.1 Å². The van der Waals surface area contributed by atoms with Crippen molar-refractivity contribution < 1.29 is 18.7 Å². The Bertz CT molecular complexity index is 569. The first-order valence-electron chi connectivity index (χ1n) is 7.91. The van der Waals surface area contributed by atoms with Crippen LogP contribution in [0.5, 0.6) is 0 Å². The largest absolute Gasteiger partial charge is 0.381 e. The van der Waals surface area contributed by atoms with Gasteiger partial charge in [-0.25, -0.2) is 4.39 Å². The molecule has 6 heteroatoms. The highest BCUT2D eigenvalue weighted by atomic mass is 19.1. The zero-order valence-corrected chi connectivity index (χ0v) is 13.5. The van der Waals surface area contributed by atoms with E-state index in [9.17, 15) is 14.0 Å². The van der Waals surface area contributed by atoms with Crippen molar-refractivity contribution >= 4 is 17.5 Å². The molecule has 1 aliphatic rings. The molecule has 0 bridgehead atoms. The highest BCUT2D eigenvalue weighted by molar-refractivity contribution is 5.96. The zero-order chi connectivity index (χ0) is 16.8. The molecule has 2 rings (SSSR count). The van der Waals surface area contributed by atoms with Crippen LogP contribution >= 0.6 is 0 Å². The summed E-state index contributed by atoms with van der Waals surface area (Å²) < 4.78 is 19.3. The van der Waals surface area contributed by atoms with Crippen LogP contribution in [0.15, 0.2) is 18.2 Å². The minimum atomic E-state index is -0.612. The summed E-state index contributed by atoms with van der Waals surface area (Å²) in [5.41, 5.74) is 0.333. The molecule has 0 radical (unpaired) electrons. The first-order chi connectivity index (χ1) is 11.0. The highest BCUT2D eigenvalue weighted by Gasteiger charge is 2.17. The SMILES string of the molecule is CC(C)CC(=O)Nc1ccc(C(=O)NC[C@H]2CCOC2)cc1F. The minimum absolute atomic E-state index is 0.0939. The van der Waals surface area contributed by atoms with E-state index >= 15 is 0 Å². The normalized spacial score (nSPS) is 17.3. The van der Waals surface area contributed by atoms with E-state index in [0.29, 0.717) is 25.5 Å².